The van der Waals surface area contributed by atoms with Gasteiger partial charge in [-0.2, -0.15) is 5.10 Å². The molecule has 2 N–H and O–H groups in total. The molecule has 4 rings (SSSR count). The third-order valence-corrected chi connectivity index (χ3v) is 5.33. The molecule has 6 nitrogen and oxygen atoms in total. The fourth-order valence-corrected chi connectivity index (χ4v) is 3.92. The first-order valence-electron chi connectivity index (χ1n) is 9.53. The lowest BCUT2D eigenvalue weighted by Crippen LogP contribution is -2.41. The average Bonchev–Trinajstić information content (AvgIpc) is 3.23. The van der Waals surface area contributed by atoms with Gasteiger partial charge in [0.1, 0.15) is 5.82 Å². The molecule has 1 aromatic heterocycles. The van der Waals surface area contributed by atoms with E-state index >= 15 is 0 Å². The first-order valence-corrected chi connectivity index (χ1v) is 9.53. The molecule has 0 unspecified atom stereocenters. The number of nitrogens with one attached hydrogen (secondary N) is 2. The predicted molar refractivity (Wildman–Crippen MR) is 102 cm³/mol. The van der Waals surface area contributed by atoms with Crippen molar-refractivity contribution in [3.63, 3.8) is 0 Å². The Morgan fingerprint density at radius 2 is 2.19 bits per heavy atom. The number of aromatic nitrogens is 2. The van der Waals surface area contributed by atoms with E-state index in [2.05, 4.69) is 50.7 Å². The summed E-state index contributed by atoms with van der Waals surface area (Å²) in [4.78, 5) is 14.1. The summed E-state index contributed by atoms with van der Waals surface area (Å²) in [6.45, 7) is 6.42. The van der Waals surface area contributed by atoms with E-state index in [1.807, 2.05) is 17.9 Å². The van der Waals surface area contributed by atoms with Crippen LogP contribution in [0.25, 0.3) is 0 Å². The number of rotatable bonds is 6. The molecule has 1 fully saturated rings. The Morgan fingerprint density at radius 3 is 2.96 bits per heavy atom. The smallest absolute Gasteiger partial charge is 0.222 e. The molecular weight excluding hydrogens is 326 g/mol. The Labute approximate surface area is 154 Å². The van der Waals surface area contributed by atoms with Crippen LogP contribution in [-0.4, -0.2) is 46.8 Å². The molecule has 1 aromatic carbocycles. The van der Waals surface area contributed by atoms with Gasteiger partial charge in [0.2, 0.25) is 5.91 Å². The molecule has 2 atom stereocenters. The SMILES string of the molecule is Cc1cc2n(n1)C[C@H](CN[C@@H](CN1CCCC1=O)c1ccccc1)CN2. The van der Waals surface area contributed by atoms with Crippen LogP contribution in [0, 0.1) is 12.8 Å². The number of nitrogens with zero attached hydrogens (tertiary/aromatic N) is 3. The lowest BCUT2D eigenvalue weighted by molar-refractivity contribution is -0.128. The van der Waals surface area contributed by atoms with Gasteiger partial charge in [0.25, 0.3) is 0 Å². The highest BCUT2D eigenvalue weighted by Gasteiger charge is 2.25. The number of anilines is 1. The maximum Gasteiger partial charge on any atom is 0.222 e. The largest absolute Gasteiger partial charge is 0.370 e. The number of carbonyl (C=O) groups excluding carboxylic acids is 1. The number of hydrogen-bond donors (Lipinski definition) is 2. The Hall–Kier alpha value is -2.34. The molecule has 0 bridgehead atoms. The molecule has 26 heavy (non-hydrogen) atoms. The zero-order valence-electron chi connectivity index (χ0n) is 15.3. The fraction of sp³-hybridized carbons (Fsp3) is 0.500. The molecule has 138 valence electrons. The zero-order chi connectivity index (χ0) is 17.9. The topological polar surface area (TPSA) is 62.2 Å². The molecule has 0 saturated carbocycles. The van der Waals surface area contributed by atoms with Crippen molar-refractivity contribution in [1.29, 1.82) is 0 Å². The van der Waals surface area contributed by atoms with Crippen LogP contribution in [0.2, 0.25) is 0 Å². The van der Waals surface area contributed by atoms with Crippen molar-refractivity contribution >= 4 is 11.7 Å². The standard InChI is InChI=1S/C20H27N5O/c1-15-10-19-22-12-16(13-25(19)23-15)11-21-18(17-6-3-2-4-7-17)14-24-9-5-8-20(24)26/h2-4,6-7,10,16,18,21-22H,5,8-9,11-14H2,1H3/t16-,18+/m1/s1. The average molecular weight is 353 g/mol. The molecular formula is C20H27N5O. The van der Waals surface area contributed by atoms with Crippen molar-refractivity contribution in [3.8, 4) is 0 Å². The molecule has 2 aromatic rings. The Kier molecular flexibility index (Phi) is 4.93. The van der Waals surface area contributed by atoms with Crippen LogP contribution >= 0.6 is 0 Å². The van der Waals surface area contributed by atoms with E-state index in [0.29, 0.717) is 12.3 Å². The minimum atomic E-state index is 0.166. The predicted octanol–water partition coefficient (Wildman–Crippen LogP) is 2.19. The van der Waals surface area contributed by atoms with Gasteiger partial charge in [-0.1, -0.05) is 30.3 Å². The summed E-state index contributed by atoms with van der Waals surface area (Å²) >= 11 is 0. The van der Waals surface area contributed by atoms with Crippen LogP contribution in [-0.2, 0) is 11.3 Å². The lowest BCUT2D eigenvalue weighted by Gasteiger charge is -2.29. The quantitative estimate of drug-likeness (QED) is 0.836. The monoisotopic (exact) mass is 353 g/mol. The van der Waals surface area contributed by atoms with Gasteiger partial charge in [-0.3, -0.25) is 4.79 Å². The summed E-state index contributed by atoms with van der Waals surface area (Å²) in [6.07, 6.45) is 1.67. The van der Waals surface area contributed by atoms with Gasteiger partial charge < -0.3 is 15.5 Å². The van der Waals surface area contributed by atoms with Crippen molar-refractivity contribution < 1.29 is 4.79 Å². The third-order valence-electron chi connectivity index (χ3n) is 5.33. The van der Waals surface area contributed by atoms with Crippen LogP contribution in [0.1, 0.15) is 30.1 Å². The molecule has 1 saturated heterocycles. The van der Waals surface area contributed by atoms with E-state index in [0.717, 1.165) is 50.7 Å². The number of hydrogen-bond acceptors (Lipinski definition) is 4. The highest BCUT2D eigenvalue weighted by molar-refractivity contribution is 5.78. The number of benzene rings is 1. The molecule has 6 heteroatoms. The Bertz CT molecular complexity index is 757. The van der Waals surface area contributed by atoms with Gasteiger partial charge in [0.05, 0.1) is 5.69 Å². The maximum absolute atomic E-state index is 12.1. The number of carbonyl (C=O) groups is 1. The van der Waals surface area contributed by atoms with Crippen molar-refractivity contribution in [2.24, 2.45) is 5.92 Å². The van der Waals surface area contributed by atoms with E-state index in [1.165, 1.54) is 5.56 Å². The normalized spacial score (nSPS) is 20.7. The van der Waals surface area contributed by atoms with Gasteiger partial charge in [-0.25, -0.2) is 4.68 Å². The second kappa shape index (κ2) is 7.50. The molecule has 0 aliphatic carbocycles. The molecule has 2 aliphatic heterocycles. The van der Waals surface area contributed by atoms with E-state index in [4.69, 9.17) is 0 Å². The highest BCUT2D eigenvalue weighted by Crippen LogP contribution is 2.21. The summed E-state index contributed by atoms with van der Waals surface area (Å²) in [7, 11) is 0. The van der Waals surface area contributed by atoms with Gasteiger partial charge in [-0.05, 0) is 18.9 Å². The van der Waals surface area contributed by atoms with Crippen molar-refractivity contribution in [2.45, 2.75) is 32.4 Å². The molecule has 0 radical (unpaired) electrons. The van der Waals surface area contributed by atoms with Gasteiger partial charge >= 0.3 is 0 Å². The summed E-state index contributed by atoms with van der Waals surface area (Å²) in [5.74, 6) is 1.87. The first kappa shape index (κ1) is 17.1. The van der Waals surface area contributed by atoms with Crippen LogP contribution in [0.3, 0.4) is 0 Å². The van der Waals surface area contributed by atoms with Crippen molar-refractivity contribution in [2.75, 3.05) is 31.5 Å². The zero-order valence-corrected chi connectivity index (χ0v) is 15.3. The Balaban J connectivity index is 1.41. The fourth-order valence-electron chi connectivity index (χ4n) is 3.92. The van der Waals surface area contributed by atoms with E-state index < -0.39 is 0 Å². The minimum Gasteiger partial charge on any atom is -0.370 e. The van der Waals surface area contributed by atoms with E-state index in [-0.39, 0.29) is 11.9 Å². The van der Waals surface area contributed by atoms with Gasteiger partial charge in [-0.15, -0.1) is 0 Å². The van der Waals surface area contributed by atoms with Crippen LogP contribution in [0.15, 0.2) is 36.4 Å². The van der Waals surface area contributed by atoms with Gasteiger partial charge in [0, 0.05) is 57.2 Å². The lowest BCUT2D eigenvalue weighted by atomic mass is 10.0. The Morgan fingerprint density at radius 1 is 1.35 bits per heavy atom. The van der Waals surface area contributed by atoms with Crippen LogP contribution < -0.4 is 10.6 Å². The third kappa shape index (κ3) is 3.75. The molecule has 2 aliphatic rings. The maximum atomic E-state index is 12.1. The second-order valence-corrected chi connectivity index (χ2v) is 7.41. The number of fused-ring (bicyclic) bond motifs is 1. The number of aryl methyl sites for hydroxylation is 1. The molecule has 1 amide bonds. The minimum absolute atomic E-state index is 0.166. The van der Waals surface area contributed by atoms with Crippen molar-refractivity contribution in [1.82, 2.24) is 20.0 Å². The number of amides is 1. The molecule has 0 spiro atoms. The summed E-state index contributed by atoms with van der Waals surface area (Å²) in [6, 6.07) is 12.7. The van der Waals surface area contributed by atoms with Crippen LogP contribution in [0.4, 0.5) is 5.82 Å². The van der Waals surface area contributed by atoms with E-state index in [9.17, 15) is 4.79 Å². The van der Waals surface area contributed by atoms with Gasteiger partial charge in [0.15, 0.2) is 0 Å². The van der Waals surface area contributed by atoms with Crippen LogP contribution in [0.5, 0.6) is 0 Å². The number of likely N-dealkylation sites (tertiary alicyclic amines) is 1. The summed E-state index contributed by atoms with van der Waals surface area (Å²) < 4.78 is 2.06. The highest BCUT2D eigenvalue weighted by atomic mass is 16.2. The van der Waals surface area contributed by atoms with E-state index in [1.54, 1.807) is 0 Å². The summed E-state index contributed by atoms with van der Waals surface area (Å²) in [5, 5.41) is 11.7. The van der Waals surface area contributed by atoms with Crippen molar-refractivity contribution in [3.05, 3.63) is 47.7 Å². The molecule has 3 heterocycles. The second-order valence-electron chi connectivity index (χ2n) is 7.41. The summed E-state index contributed by atoms with van der Waals surface area (Å²) in [5.41, 5.74) is 2.29. The first-order chi connectivity index (χ1) is 12.7.